The maximum absolute atomic E-state index is 12.8. The number of rotatable bonds is 6. The van der Waals surface area contributed by atoms with E-state index in [1.807, 2.05) is 23.1 Å². The Kier molecular flexibility index (Phi) is 5.44. The zero-order chi connectivity index (χ0) is 19.7. The standard InChI is InChI=1S/C23H27N3OS/c1-16(2)11-12-25-21-10-5-4-9-20(21)24-23(25)17-13-22(27)26(15-17)18-7-6-8-19(14-18)28-3/h4-10,14,16-17H,11-13,15H2,1-3H3. The number of benzene rings is 2. The second kappa shape index (κ2) is 8.00. The van der Waals surface area contributed by atoms with Crippen LogP contribution in [-0.2, 0) is 11.3 Å². The maximum atomic E-state index is 12.8. The Balaban J connectivity index is 1.66. The Labute approximate surface area is 170 Å². The van der Waals surface area contributed by atoms with Crippen LogP contribution in [0.2, 0.25) is 0 Å². The molecular formula is C23H27N3OS. The van der Waals surface area contributed by atoms with Gasteiger partial charge in [0.1, 0.15) is 5.82 Å². The van der Waals surface area contributed by atoms with Crippen LogP contribution < -0.4 is 4.90 Å². The lowest BCUT2D eigenvalue weighted by Crippen LogP contribution is -2.24. The van der Waals surface area contributed by atoms with Gasteiger partial charge in [-0.3, -0.25) is 4.79 Å². The highest BCUT2D eigenvalue weighted by Gasteiger charge is 2.34. The van der Waals surface area contributed by atoms with E-state index in [9.17, 15) is 4.79 Å². The molecule has 1 fully saturated rings. The third kappa shape index (κ3) is 3.68. The highest BCUT2D eigenvalue weighted by atomic mass is 32.2. The molecule has 0 saturated carbocycles. The molecule has 4 nitrogen and oxygen atoms in total. The van der Waals surface area contributed by atoms with E-state index < -0.39 is 0 Å². The number of aromatic nitrogens is 2. The molecule has 1 aliphatic heterocycles. The molecule has 0 bridgehead atoms. The van der Waals surface area contributed by atoms with Crippen LogP contribution in [0.4, 0.5) is 5.69 Å². The van der Waals surface area contributed by atoms with Gasteiger partial charge in [-0.2, -0.15) is 0 Å². The normalized spacial score (nSPS) is 17.2. The number of thioether (sulfide) groups is 1. The number of nitrogens with zero attached hydrogens (tertiary/aromatic N) is 3. The molecule has 5 heteroatoms. The predicted octanol–water partition coefficient (Wildman–Crippen LogP) is 5.32. The topological polar surface area (TPSA) is 38.1 Å². The van der Waals surface area contributed by atoms with Crippen LogP contribution in [-0.4, -0.2) is 28.3 Å². The van der Waals surface area contributed by atoms with Crippen molar-refractivity contribution < 1.29 is 4.79 Å². The van der Waals surface area contributed by atoms with Gasteiger partial charge in [0.25, 0.3) is 0 Å². The van der Waals surface area contributed by atoms with Gasteiger partial charge in [-0.15, -0.1) is 11.8 Å². The second-order valence-corrected chi connectivity index (χ2v) is 8.78. The summed E-state index contributed by atoms with van der Waals surface area (Å²) in [5, 5.41) is 0. The smallest absolute Gasteiger partial charge is 0.227 e. The lowest BCUT2D eigenvalue weighted by molar-refractivity contribution is -0.117. The van der Waals surface area contributed by atoms with Gasteiger partial charge < -0.3 is 9.47 Å². The fourth-order valence-corrected chi connectivity index (χ4v) is 4.39. The molecule has 2 heterocycles. The number of hydrogen-bond acceptors (Lipinski definition) is 3. The summed E-state index contributed by atoms with van der Waals surface area (Å²) in [5.74, 6) is 2.00. The van der Waals surface area contributed by atoms with Gasteiger partial charge in [-0.05, 0) is 48.9 Å². The zero-order valence-electron chi connectivity index (χ0n) is 16.8. The van der Waals surface area contributed by atoms with Gasteiger partial charge in [0.2, 0.25) is 5.91 Å². The molecule has 0 radical (unpaired) electrons. The maximum Gasteiger partial charge on any atom is 0.227 e. The van der Waals surface area contributed by atoms with E-state index in [2.05, 4.69) is 55.0 Å². The molecule has 1 amide bonds. The van der Waals surface area contributed by atoms with E-state index in [4.69, 9.17) is 4.98 Å². The Bertz CT molecular complexity index is 994. The number of aryl methyl sites for hydroxylation is 1. The molecule has 1 unspecified atom stereocenters. The van der Waals surface area contributed by atoms with E-state index in [0.717, 1.165) is 30.0 Å². The minimum Gasteiger partial charge on any atom is -0.328 e. The largest absolute Gasteiger partial charge is 0.328 e. The molecule has 1 aliphatic rings. The van der Waals surface area contributed by atoms with Gasteiger partial charge in [0.15, 0.2) is 0 Å². The molecule has 2 aromatic carbocycles. The lowest BCUT2D eigenvalue weighted by atomic mass is 10.1. The fraction of sp³-hybridized carbons (Fsp3) is 0.391. The number of para-hydroxylation sites is 2. The van der Waals surface area contributed by atoms with Gasteiger partial charge in [-0.1, -0.05) is 32.0 Å². The Morgan fingerprint density at radius 1 is 1.18 bits per heavy atom. The Morgan fingerprint density at radius 3 is 2.79 bits per heavy atom. The second-order valence-electron chi connectivity index (χ2n) is 7.90. The summed E-state index contributed by atoms with van der Waals surface area (Å²) in [4.78, 5) is 20.9. The summed E-state index contributed by atoms with van der Waals surface area (Å²) in [5.41, 5.74) is 3.19. The lowest BCUT2D eigenvalue weighted by Gasteiger charge is -2.18. The summed E-state index contributed by atoms with van der Waals surface area (Å²) in [7, 11) is 0. The first kappa shape index (κ1) is 19.1. The molecule has 28 heavy (non-hydrogen) atoms. The van der Waals surface area contributed by atoms with Crippen LogP contribution in [0.25, 0.3) is 11.0 Å². The van der Waals surface area contributed by atoms with Crippen molar-refractivity contribution in [3.8, 4) is 0 Å². The van der Waals surface area contributed by atoms with Gasteiger partial charge in [0.05, 0.1) is 11.0 Å². The Hall–Kier alpha value is -2.27. The highest BCUT2D eigenvalue weighted by Crippen LogP contribution is 2.34. The number of anilines is 1. The summed E-state index contributed by atoms with van der Waals surface area (Å²) in [6, 6.07) is 16.6. The quantitative estimate of drug-likeness (QED) is 0.532. The average Bonchev–Trinajstić information content (AvgIpc) is 3.26. The minimum atomic E-state index is 0.130. The molecule has 146 valence electrons. The first-order valence-electron chi connectivity index (χ1n) is 9.96. The molecule has 0 aliphatic carbocycles. The van der Waals surface area contributed by atoms with E-state index in [-0.39, 0.29) is 11.8 Å². The van der Waals surface area contributed by atoms with Gasteiger partial charge in [-0.25, -0.2) is 4.98 Å². The summed E-state index contributed by atoms with van der Waals surface area (Å²) < 4.78 is 2.34. The third-order valence-corrected chi connectivity index (χ3v) is 6.19. The number of imidazole rings is 1. The van der Waals surface area contributed by atoms with Crippen LogP contribution in [0.15, 0.2) is 53.4 Å². The van der Waals surface area contributed by atoms with Crippen molar-refractivity contribution in [3.05, 3.63) is 54.4 Å². The van der Waals surface area contributed by atoms with Crippen molar-refractivity contribution in [1.82, 2.24) is 9.55 Å². The van der Waals surface area contributed by atoms with Crippen molar-refractivity contribution in [2.45, 2.75) is 44.0 Å². The molecule has 1 atom stereocenters. The molecule has 0 spiro atoms. The first-order valence-corrected chi connectivity index (χ1v) is 11.2. The van der Waals surface area contributed by atoms with Crippen LogP contribution in [0.1, 0.15) is 38.4 Å². The molecule has 1 aromatic heterocycles. The van der Waals surface area contributed by atoms with Crippen molar-refractivity contribution in [1.29, 1.82) is 0 Å². The zero-order valence-corrected chi connectivity index (χ0v) is 17.6. The molecular weight excluding hydrogens is 366 g/mol. The highest BCUT2D eigenvalue weighted by molar-refractivity contribution is 7.98. The molecule has 0 N–H and O–H groups in total. The number of carbonyl (C=O) groups is 1. The average molecular weight is 394 g/mol. The van der Waals surface area contributed by atoms with Gasteiger partial charge in [0, 0.05) is 36.0 Å². The summed E-state index contributed by atoms with van der Waals surface area (Å²) >= 11 is 1.70. The fourth-order valence-electron chi connectivity index (χ4n) is 3.94. The number of amides is 1. The van der Waals surface area contributed by atoms with Crippen LogP contribution in [0.3, 0.4) is 0 Å². The van der Waals surface area contributed by atoms with Crippen molar-refractivity contribution in [2.24, 2.45) is 5.92 Å². The van der Waals surface area contributed by atoms with E-state index in [1.165, 1.54) is 10.4 Å². The van der Waals surface area contributed by atoms with Crippen LogP contribution >= 0.6 is 11.8 Å². The van der Waals surface area contributed by atoms with Crippen molar-refractivity contribution in [3.63, 3.8) is 0 Å². The summed E-state index contributed by atoms with van der Waals surface area (Å²) in [6.45, 7) is 6.14. The number of hydrogen-bond donors (Lipinski definition) is 0. The molecule has 3 aromatic rings. The minimum absolute atomic E-state index is 0.130. The van der Waals surface area contributed by atoms with Crippen molar-refractivity contribution in [2.75, 3.05) is 17.7 Å². The SMILES string of the molecule is CSc1cccc(N2CC(c3nc4ccccc4n3CCC(C)C)CC2=O)c1. The molecule has 4 rings (SSSR count). The van der Waals surface area contributed by atoms with E-state index in [1.54, 1.807) is 11.8 Å². The first-order chi connectivity index (χ1) is 13.6. The summed E-state index contributed by atoms with van der Waals surface area (Å²) in [6.07, 6.45) is 3.69. The van der Waals surface area contributed by atoms with Gasteiger partial charge >= 0.3 is 0 Å². The number of carbonyl (C=O) groups excluding carboxylic acids is 1. The van der Waals surface area contributed by atoms with E-state index in [0.29, 0.717) is 18.9 Å². The Morgan fingerprint density at radius 2 is 2.00 bits per heavy atom. The van der Waals surface area contributed by atoms with E-state index >= 15 is 0 Å². The third-order valence-electron chi connectivity index (χ3n) is 5.47. The molecule has 1 saturated heterocycles. The number of fused-ring (bicyclic) bond motifs is 1. The van der Waals surface area contributed by atoms with Crippen molar-refractivity contribution >= 4 is 34.4 Å². The predicted molar refractivity (Wildman–Crippen MR) is 117 cm³/mol. The van der Waals surface area contributed by atoms with Crippen LogP contribution in [0, 0.1) is 5.92 Å². The monoisotopic (exact) mass is 393 g/mol. The van der Waals surface area contributed by atoms with Crippen LogP contribution in [0.5, 0.6) is 0 Å².